The average Bonchev–Trinajstić information content (AvgIpc) is 3.46. The Morgan fingerprint density at radius 1 is 1.17 bits per heavy atom. The molecule has 0 unspecified atom stereocenters. The van der Waals surface area contributed by atoms with Crippen molar-refractivity contribution in [3.05, 3.63) is 59.7 Å². The van der Waals surface area contributed by atoms with Crippen LogP contribution in [0.5, 0.6) is 0 Å². The molecule has 0 atom stereocenters. The van der Waals surface area contributed by atoms with E-state index in [0.717, 1.165) is 36.9 Å². The molecule has 3 aromatic rings. The molecule has 4 rings (SSSR count). The summed E-state index contributed by atoms with van der Waals surface area (Å²) >= 11 is 1.32. The molecule has 156 valence electrons. The molecule has 0 spiro atoms. The number of nitrogens with one attached hydrogen (secondary N) is 1. The standard InChI is InChI=1S/C21H22N4O3S2/c1-25(17-6-2-3-7-17)30(27,28)18-10-8-15(9-11-18)20(26)24-21-23-19(14-29-21)16-5-4-12-22-13-16/h4-5,8-14,17H,2-3,6-7H2,1H3,(H,23,24,26). The van der Waals surface area contributed by atoms with Gasteiger partial charge in [-0.3, -0.25) is 15.1 Å². The minimum absolute atomic E-state index is 0.0527. The molecule has 1 aliphatic rings. The summed E-state index contributed by atoms with van der Waals surface area (Å²) in [4.78, 5) is 21.2. The van der Waals surface area contributed by atoms with Crippen LogP contribution in [0.2, 0.25) is 0 Å². The minimum Gasteiger partial charge on any atom is -0.298 e. The Hall–Kier alpha value is -2.62. The molecular formula is C21H22N4O3S2. The number of sulfonamides is 1. The van der Waals surface area contributed by atoms with Crippen molar-refractivity contribution in [1.29, 1.82) is 0 Å². The zero-order chi connectivity index (χ0) is 21.1. The van der Waals surface area contributed by atoms with Gasteiger partial charge in [-0.25, -0.2) is 13.4 Å². The first kappa shape index (κ1) is 20.6. The third-order valence-corrected chi connectivity index (χ3v) is 8.00. The molecule has 1 aliphatic carbocycles. The Bertz CT molecular complexity index is 1120. The zero-order valence-corrected chi connectivity index (χ0v) is 18.1. The maximum atomic E-state index is 12.8. The number of hydrogen-bond donors (Lipinski definition) is 1. The zero-order valence-electron chi connectivity index (χ0n) is 16.5. The molecule has 1 aromatic carbocycles. The number of hydrogen-bond acceptors (Lipinski definition) is 6. The lowest BCUT2D eigenvalue weighted by atomic mass is 10.2. The number of rotatable bonds is 6. The van der Waals surface area contributed by atoms with Crippen molar-refractivity contribution in [2.24, 2.45) is 0 Å². The van der Waals surface area contributed by atoms with E-state index in [4.69, 9.17) is 0 Å². The van der Waals surface area contributed by atoms with E-state index in [1.54, 1.807) is 19.4 Å². The SMILES string of the molecule is CN(C1CCCC1)S(=O)(=O)c1ccc(C(=O)Nc2nc(-c3cccnc3)cs2)cc1. The molecule has 30 heavy (non-hydrogen) atoms. The van der Waals surface area contributed by atoms with Gasteiger partial charge < -0.3 is 0 Å². The van der Waals surface area contributed by atoms with E-state index < -0.39 is 10.0 Å². The van der Waals surface area contributed by atoms with Crippen LogP contribution >= 0.6 is 11.3 Å². The summed E-state index contributed by atoms with van der Waals surface area (Å²) in [5.74, 6) is -0.338. The number of carbonyl (C=O) groups is 1. The minimum atomic E-state index is -3.57. The summed E-state index contributed by atoms with van der Waals surface area (Å²) in [7, 11) is -1.93. The summed E-state index contributed by atoms with van der Waals surface area (Å²) in [6.45, 7) is 0. The molecular weight excluding hydrogens is 420 g/mol. The first-order valence-corrected chi connectivity index (χ1v) is 12.0. The highest BCUT2D eigenvalue weighted by molar-refractivity contribution is 7.89. The summed E-state index contributed by atoms with van der Waals surface area (Å²) in [6, 6.07) is 9.80. The van der Waals surface area contributed by atoms with Gasteiger partial charge in [0.25, 0.3) is 5.91 Å². The molecule has 2 aromatic heterocycles. The second-order valence-electron chi connectivity index (χ2n) is 7.22. The Labute approximate surface area is 179 Å². The third kappa shape index (κ3) is 4.28. The van der Waals surface area contributed by atoms with E-state index in [9.17, 15) is 13.2 Å². The van der Waals surface area contributed by atoms with Crippen LogP contribution in [0.15, 0.2) is 59.1 Å². The van der Waals surface area contributed by atoms with Gasteiger partial charge in [0.2, 0.25) is 10.0 Å². The number of benzene rings is 1. The summed E-state index contributed by atoms with van der Waals surface area (Å²) in [5, 5.41) is 5.08. The number of pyridine rings is 1. The quantitative estimate of drug-likeness (QED) is 0.622. The third-order valence-electron chi connectivity index (χ3n) is 5.31. The Morgan fingerprint density at radius 3 is 2.57 bits per heavy atom. The number of thiazole rings is 1. The molecule has 1 fully saturated rings. The van der Waals surface area contributed by atoms with Gasteiger partial charge in [0.05, 0.1) is 10.6 Å². The molecule has 0 aliphatic heterocycles. The number of aromatic nitrogens is 2. The molecule has 2 heterocycles. The molecule has 0 radical (unpaired) electrons. The van der Waals surface area contributed by atoms with E-state index in [-0.39, 0.29) is 16.8 Å². The van der Waals surface area contributed by atoms with E-state index in [1.807, 2.05) is 17.5 Å². The van der Waals surface area contributed by atoms with Gasteiger partial charge in [-0.15, -0.1) is 11.3 Å². The van der Waals surface area contributed by atoms with Crippen molar-refractivity contribution in [3.8, 4) is 11.3 Å². The number of nitrogens with zero attached hydrogens (tertiary/aromatic N) is 3. The molecule has 1 N–H and O–H groups in total. The summed E-state index contributed by atoms with van der Waals surface area (Å²) < 4.78 is 27.1. The van der Waals surface area contributed by atoms with Gasteiger partial charge in [-0.1, -0.05) is 12.8 Å². The first-order chi connectivity index (χ1) is 14.4. The van der Waals surface area contributed by atoms with Crippen molar-refractivity contribution in [3.63, 3.8) is 0 Å². The second-order valence-corrected chi connectivity index (χ2v) is 10.1. The fourth-order valence-electron chi connectivity index (χ4n) is 3.56. The van der Waals surface area contributed by atoms with E-state index in [2.05, 4.69) is 15.3 Å². The van der Waals surface area contributed by atoms with Crippen LogP contribution in [0.1, 0.15) is 36.0 Å². The first-order valence-electron chi connectivity index (χ1n) is 9.70. The van der Waals surface area contributed by atoms with Gasteiger partial charge in [-0.2, -0.15) is 4.31 Å². The lowest BCUT2D eigenvalue weighted by Crippen LogP contribution is -2.35. The van der Waals surface area contributed by atoms with Crippen LogP contribution < -0.4 is 5.32 Å². The van der Waals surface area contributed by atoms with Gasteiger partial charge in [0.15, 0.2) is 5.13 Å². The molecule has 7 nitrogen and oxygen atoms in total. The average molecular weight is 443 g/mol. The van der Waals surface area contributed by atoms with Crippen LogP contribution in [0.3, 0.4) is 0 Å². The monoisotopic (exact) mass is 442 g/mol. The molecule has 0 bridgehead atoms. The maximum absolute atomic E-state index is 12.8. The van der Waals surface area contributed by atoms with Crippen LogP contribution in [-0.4, -0.2) is 41.7 Å². The number of amides is 1. The molecule has 0 saturated heterocycles. The normalized spacial score (nSPS) is 14.9. The Morgan fingerprint density at radius 2 is 1.90 bits per heavy atom. The van der Waals surface area contributed by atoms with Crippen LogP contribution in [-0.2, 0) is 10.0 Å². The Balaban J connectivity index is 1.45. The van der Waals surface area contributed by atoms with Crippen molar-refractivity contribution in [2.75, 3.05) is 12.4 Å². The second kappa shape index (κ2) is 8.63. The highest BCUT2D eigenvalue weighted by Crippen LogP contribution is 2.28. The van der Waals surface area contributed by atoms with E-state index >= 15 is 0 Å². The lowest BCUT2D eigenvalue weighted by molar-refractivity contribution is 0.102. The van der Waals surface area contributed by atoms with Crippen LogP contribution in [0.4, 0.5) is 5.13 Å². The topological polar surface area (TPSA) is 92.3 Å². The lowest BCUT2D eigenvalue weighted by Gasteiger charge is -2.23. The predicted molar refractivity (Wildman–Crippen MR) is 117 cm³/mol. The number of anilines is 1. The van der Waals surface area contributed by atoms with E-state index in [0.29, 0.717) is 10.7 Å². The number of carbonyl (C=O) groups excluding carboxylic acids is 1. The van der Waals surface area contributed by atoms with Crippen molar-refractivity contribution >= 4 is 32.4 Å². The van der Waals surface area contributed by atoms with E-state index in [1.165, 1.54) is 39.9 Å². The van der Waals surface area contributed by atoms with Gasteiger partial charge in [-0.05, 0) is 49.2 Å². The molecule has 1 amide bonds. The summed E-state index contributed by atoms with van der Waals surface area (Å²) in [6.07, 6.45) is 7.30. The van der Waals surface area contributed by atoms with Gasteiger partial charge in [0.1, 0.15) is 0 Å². The highest BCUT2D eigenvalue weighted by Gasteiger charge is 2.30. The fourth-order valence-corrected chi connectivity index (χ4v) is 5.69. The van der Waals surface area contributed by atoms with Gasteiger partial charge >= 0.3 is 0 Å². The van der Waals surface area contributed by atoms with Crippen LogP contribution in [0.25, 0.3) is 11.3 Å². The predicted octanol–water partition coefficient (Wildman–Crippen LogP) is 4.02. The Kier molecular flexibility index (Phi) is 5.94. The smallest absolute Gasteiger partial charge is 0.257 e. The maximum Gasteiger partial charge on any atom is 0.257 e. The molecule has 1 saturated carbocycles. The van der Waals surface area contributed by atoms with Crippen molar-refractivity contribution < 1.29 is 13.2 Å². The highest BCUT2D eigenvalue weighted by atomic mass is 32.2. The van der Waals surface area contributed by atoms with Crippen LogP contribution in [0, 0.1) is 0 Å². The van der Waals surface area contributed by atoms with Gasteiger partial charge in [0, 0.05) is 42.0 Å². The fraction of sp³-hybridized carbons (Fsp3) is 0.286. The largest absolute Gasteiger partial charge is 0.298 e. The van der Waals surface area contributed by atoms with Crippen molar-refractivity contribution in [1.82, 2.24) is 14.3 Å². The van der Waals surface area contributed by atoms with Crippen molar-refractivity contribution in [2.45, 2.75) is 36.6 Å². The summed E-state index contributed by atoms with van der Waals surface area (Å²) in [5.41, 5.74) is 1.98. The molecule has 9 heteroatoms.